The first-order valence-electron chi connectivity index (χ1n) is 27.2. The minimum absolute atomic E-state index is 0.107. The van der Waals surface area contributed by atoms with Gasteiger partial charge >= 0.3 is 12.1 Å². The van der Waals surface area contributed by atoms with E-state index < -0.39 is 65.9 Å². The Kier molecular flexibility index (Phi) is 20.1. The average molecular weight is 1020 g/mol. The van der Waals surface area contributed by atoms with Crippen LogP contribution in [0.3, 0.4) is 0 Å². The Morgan fingerprint density at radius 1 is 0.726 bits per heavy atom. The fourth-order valence-corrected chi connectivity index (χ4v) is 15.7. The van der Waals surface area contributed by atoms with Crippen LogP contribution in [0.5, 0.6) is 0 Å². The number of unbranched alkanes of at least 4 members (excludes halogenated alkanes) is 8. The molecule has 2 aliphatic rings. The van der Waals surface area contributed by atoms with Crippen molar-refractivity contribution in [3.05, 3.63) is 145 Å². The summed E-state index contributed by atoms with van der Waals surface area (Å²) in [7, 11) is -3.19. The number of carbonyl (C=O) groups excluding carboxylic acids is 3. The number of rotatable bonds is 26. The second-order valence-corrected chi connectivity index (χ2v) is 26.9. The highest BCUT2D eigenvalue weighted by Crippen LogP contribution is 2.49. The molecule has 73 heavy (non-hydrogen) atoms. The molecule has 0 aliphatic carbocycles. The number of ether oxygens (including phenoxy) is 4. The third kappa shape index (κ3) is 13.5. The van der Waals surface area contributed by atoms with Gasteiger partial charge in [-0.15, -0.1) is 0 Å². The number of imide groups is 1. The maximum atomic E-state index is 15.9. The number of allylic oxidation sites excluding steroid dienone is 1. The van der Waals surface area contributed by atoms with Crippen LogP contribution in [-0.2, 0) is 38.6 Å². The topological polar surface area (TPSA) is 121 Å². The lowest BCUT2D eigenvalue weighted by atomic mass is 9.75. The van der Waals surface area contributed by atoms with E-state index in [0.717, 1.165) is 60.2 Å². The van der Waals surface area contributed by atoms with Gasteiger partial charge in [0, 0.05) is 37.0 Å². The largest absolute Gasteiger partial charge is 0.458 e. The molecule has 0 saturated carbocycles. The van der Waals surface area contributed by atoms with Crippen molar-refractivity contribution < 1.29 is 42.9 Å². The van der Waals surface area contributed by atoms with Crippen molar-refractivity contribution in [2.45, 2.75) is 179 Å². The van der Waals surface area contributed by atoms with E-state index in [0.29, 0.717) is 30.8 Å². The Morgan fingerprint density at radius 3 is 1.67 bits per heavy atom. The van der Waals surface area contributed by atoms with Gasteiger partial charge in [0.25, 0.3) is 8.32 Å². The van der Waals surface area contributed by atoms with Gasteiger partial charge in [-0.05, 0) is 67.8 Å². The molecular formula is C62H85NO9Si. The van der Waals surface area contributed by atoms with Crippen molar-refractivity contribution in [2.75, 3.05) is 19.8 Å². The minimum atomic E-state index is -3.19. The van der Waals surface area contributed by atoms with E-state index in [2.05, 4.69) is 52.0 Å². The van der Waals surface area contributed by atoms with Gasteiger partial charge in [0.1, 0.15) is 5.60 Å². The first kappa shape index (κ1) is 57.4. The zero-order chi connectivity index (χ0) is 52.8. The molecule has 2 saturated heterocycles. The van der Waals surface area contributed by atoms with E-state index in [1.54, 1.807) is 26.8 Å². The molecule has 396 valence electrons. The van der Waals surface area contributed by atoms with Gasteiger partial charge in [0.15, 0.2) is 17.0 Å². The lowest BCUT2D eigenvalue weighted by Gasteiger charge is -2.44. The second kappa shape index (κ2) is 25.6. The monoisotopic (exact) mass is 1020 g/mol. The molecule has 2 aliphatic heterocycles. The Bertz CT molecular complexity index is 2280. The molecule has 0 aromatic heterocycles. The third-order valence-electron chi connectivity index (χ3n) is 14.6. The van der Waals surface area contributed by atoms with Gasteiger partial charge in [-0.3, -0.25) is 4.79 Å². The number of hydrogen-bond donors (Lipinski definition) is 1. The van der Waals surface area contributed by atoms with E-state index in [-0.39, 0.29) is 18.9 Å². The quantitative estimate of drug-likeness (QED) is 0.0284. The first-order valence-corrected chi connectivity index (χ1v) is 29.1. The van der Waals surface area contributed by atoms with Gasteiger partial charge in [-0.2, -0.15) is 0 Å². The van der Waals surface area contributed by atoms with E-state index in [1.165, 1.54) is 25.7 Å². The number of carbonyl (C=O) groups is 3. The van der Waals surface area contributed by atoms with Crippen LogP contribution in [0, 0.1) is 11.8 Å². The Balaban J connectivity index is 1.36. The summed E-state index contributed by atoms with van der Waals surface area (Å²) in [5, 5.41) is 15.1. The predicted molar refractivity (Wildman–Crippen MR) is 293 cm³/mol. The highest BCUT2D eigenvalue weighted by molar-refractivity contribution is 6.99. The molecule has 0 radical (unpaired) electrons. The second-order valence-electron chi connectivity index (χ2n) is 22.6. The molecule has 1 N–H and O–H groups in total. The van der Waals surface area contributed by atoms with E-state index in [9.17, 15) is 14.7 Å². The number of nitrogens with zero attached hydrogens (tertiary/aromatic N) is 1. The summed E-state index contributed by atoms with van der Waals surface area (Å²) >= 11 is 0. The minimum Gasteiger partial charge on any atom is -0.458 e. The number of esters is 1. The van der Waals surface area contributed by atoms with E-state index in [4.69, 9.17) is 23.4 Å². The summed E-state index contributed by atoms with van der Waals surface area (Å²) in [5.74, 6) is -4.14. The molecule has 10 nitrogen and oxygen atoms in total. The van der Waals surface area contributed by atoms with Crippen LogP contribution in [0.25, 0.3) is 0 Å². The summed E-state index contributed by atoms with van der Waals surface area (Å²) in [6, 6.07) is 38.4. The van der Waals surface area contributed by atoms with Gasteiger partial charge in [-0.25, -0.2) is 14.5 Å². The number of amides is 2. The van der Waals surface area contributed by atoms with Crippen LogP contribution in [0.1, 0.15) is 157 Å². The van der Waals surface area contributed by atoms with Crippen molar-refractivity contribution in [3.8, 4) is 0 Å². The van der Waals surface area contributed by atoms with Crippen molar-refractivity contribution >= 4 is 36.7 Å². The first-order chi connectivity index (χ1) is 34.9. The number of cyclic esters (lactones) is 1. The van der Waals surface area contributed by atoms with Crippen molar-refractivity contribution in [1.29, 1.82) is 0 Å². The number of aliphatic hydroxyl groups is 1. The highest BCUT2D eigenvalue weighted by Gasteiger charge is 2.62. The Labute approximate surface area is 438 Å². The van der Waals surface area contributed by atoms with Crippen molar-refractivity contribution in [3.63, 3.8) is 0 Å². The van der Waals surface area contributed by atoms with E-state index >= 15 is 4.79 Å². The Hall–Kier alpha value is -4.91. The van der Waals surface area contributed by atoms with E-state index in [1.807, 2.05) is 117 Å². The van der Waals surface area contributed by atoms with Gasteiger partial charge in [-0.1, -0.05) is 214 Å². The van der Waals surface area contributed by atoms with Crippen LogP contribution >= 0.6 is 0 Å². The lowest BCUT2D eigenvalue weighted by Crippen LogP contribution is -2.67. The summed E-state index contributed by atoms with van der Waals surface area (Å²) in [6.45, 7) is 19.0. The fraction of sp³-hybridized carbons (Fsp3) is 0.532. The molecule has 2 amide bonds. The number of benzene rings is 4. The third-order valence-corrected chi connectivity index (χ3v) is 19.7. The molecule has 0 bridgehead atoms. The molecule has 11 heteroatoms. The van der Waals surface area contributed by atoms with Gasteiger partial charge < -0.3 is 28.5 Å². The van der Waals surface area contributed by atoms with Gasteiger partial charge in [0.05, 0.1) is 25.2 Å². The molecule has 4 aromatic carbocycles. The molecule has 2 fully saturated rings. The molecular weight excluding hydrogens is 931 g/mol. The smallest absolute Gasteiger partial charge is 0.418 e. The summed E-state index contributed by atoms with van der Waals surface area (Å²) < 4.78 is 32.3. The lowest BCUT2D eigenvalue weighted by molar-refractivity contribution is -0.186. The van der Waals surface area contributed by atoms with Gasteiger partial charge in [0.2, 0.25) is 5.91 Å². The Morgan fingerprint density at radius 2 is 1.21 bits per heavy atom. The van der Waals surface area contributed by atoms with Crippen LogP contribution in [0.15, 0.2) is 133 Å². The van der Waals surface area contributed by atoms with Crippen LogP contribution in [0.2, 0.25) is 5.04 Å². The zero-order valence-electron chi connectivity index (χ0n) is 45.4. The predicted octanol–water partition coefficient (Wildman–Crippen LogP) is 12.6. The normalized spacial score (nSPS) is 18.2. The summed E-state index contributed by atoms with van der Waals surface area (Å²) in [6.07, 6.45) is 14.3. The molecule has 2 heterocycles. The number of hydrogen-bond acceptors (Lipinski definition) is 9. The van der Waals surface area contributed by atoms with Crippen LogP contribution in [-0.4, -0.2) is 79.1 Å². The SMILES string of the molecule is CCCCCCCC1(CCCCCC/C=C/C(C(=O)N2C(=O)OC(c3ccccc3)(c3ccccc3)C2C(C)C)C(O)(CCO[Si](c2ccccc2)(c2ccccc2)C(C)(C)C)C(=O)OC(C)(C)C)OCCO1. The molecule has 3 unspecified atom stereocenters. The zero-order valence-corrected chi connectivity index (χ0v) is 46.4. The van der Waals surface area contributed by atoms with Crippen molar-refractivity contribution in [2.24, 2.45) is 11.8 Å². The average Bonchev–Trinajstić information content (AvgIpc) is 3.97. The molecule has 4 aromatic rings. The maximum Gasteiger partial charge on any atom is 0.418 e. The molecule has 0 spiro atoms. The summed E-state index contributed by atoms with van der Waals surface area (Å²) in [5.41, 5.74) is -3.55. The molecule has 6 rings (SSSR count). The van der Waals surface area contributed by atoms with Crippen LogP contribution in [0.4, 0.5) is 4.79 Å². The van der Waals surface area contributed by atoms with Crippen LogP contribution < -0.4 is 10.4 Å². The highest BCUT2D eigenvalue weighted by atomic mass is 28.4. The standard InChI is InChI=1S/C62H85NO9Si/c1-10-11-12-16-31-42-60(68-46-47-69-60)43-32-17-14-13-15-30-41-53(55(64)63-54(48(2)3)62(72-57(63)66,49-33-22-18-23-34-49)50-35-24-19-25-36-50)61(67,56(65)71-58(4,5)6)44-45-70-73(59(7,8)9,51-37-26-20-27-38-51)52-39-28-21-29-40-52/h18-30,33-41,48,53-54,67H,10-17,31-32,42-47H2,1-9H3/b41-30+. The summed E-state index contributed by atoms with van der Waals surface area (Å²) in [4.78, 5) is 46.9. The fourth-order valence-electron chi connectivity index (χ4n) is 11.2. The van der Waals surface area contributed by atoms with Crippen molar-refractivity contribution in [1.82, 2.24) is 4.90 Å². The molecule has 3 atom stereocenters. The maximum absolute atomic E-state index is 15.9.